The SMILES string of the molecule is CC(=O)OC1CCC2(C)C(=CCC3C4C/C(=C\c5ccnn5C(C)C)C(=O)C4(C)CCC32)C1. The Balaban J connectivity index is 1.43. The van der Waals surface area contributed by atoms with Gasteiger partial charge < -0.3 is 4.74 Å². The van der Waals surface area contributed by atoms with Crippen molar-refractivity contribution in [2.75, 3.05) is 0 Å². The smallest absolute Gasteiger partial charge is 0.302 e. The van der Waals surface area contributed by atoms with Gasteiger partial charge in [0, 0.05) is 31.0 Å². The number of fused-ring (bicyclic) bond motifs is 5. The molecule has 6 unspecified atom stereocenters. The number of rotatable bonds is 3. The van der Waals surface area contributed by atoms with Gasteiger partial charge in [-0.2, -0.15) is 5.10 Å². The van der Waals surface area contributed by atoms with Crippen LogP contribution < -0.4 is 0 Å². The minimum Gasteiger partial charge on any atom is -0.462 e. The van der Waals surface area contributed by atoms with Crippen LogP contribution in [0.1, 0.15) is 91.3 Å². The van der Waals surface area contributed by atoms with E-state index in [0.29, 0.717) is 23.5 Å². The zero-order chi connectivity index (χ0) is 23.5. The van der Waals surface area contributed by atoms with E-state index in [1.165, 1.54) is 12.5 Å². The van der Waals surface area contributed by atoms with Crippen molar-refractivity contribution in [2.24, 2.45) is 28.6 Å². The number of Topliss-reactive ketones (excluding diaryl/α,β-unsaturated/α-hetero) is 1. The van der Waals surface area contributed by atoms with Gasteiger partial charge in [-0.3, -0.25) is 14.3 Å². The van der Waals surface area contributed by atoms with Gasteiger partial charge in [0.05, 0.1) is 5.69 Å². The predicted molar refractivity (Wildman–Crippen MR) is 128 cm³/mol. The summed E-state index contributed by atoms with van der Waals surface area (Å²) in [6.45, 7) is 10.4. The van der Waals surface area contributed by atoms with Crippen molar-refractivity contribution in [1.82, 2.24) is 9.78 Å². The molecule has 0 N–H and O–H groups in total. The van der Waals surface area contributed by atoms with E-state index in [1.54, 1.807) is 0 Å². The minimum absolute atomic E-state index is 0.0284. The van der Waals surface area contributed by atoms with Crippen LogP contribution in [0.25, 0.3) is 6.08 Å². The third-order valence-electron chi connectivity index (χ3n) is 9.54. The van der Waals surface area contributed by atoms with E-state index in [0.717, 1.165) is 56.2 Å². The number of esters is 1. The lowest BCUT2D eigenvalue weighted by atomic mass is 9.48. The molecule has 5 nitrogen and oxygen atoms in total. The predicted octanol–water partition coefficient (Wildman–Crippen LogP) is 5.92. The first-order chi connectivity index (χ1) is 15.6. The molecule has 178 valence electrons. The lowest BCUT2D eigenvalue weighted by Gasteiger charge is -2.56. The van der Waals surface area contributed by atoms with Gasteiger partial charge >= 0.3 is 5.97 Å². The minimum atomic E-state index is -0.244. The molecule has 33 heavy (non-hydrogen) atoms. The van der Waals surface area contributed by atoms with Crippen LogP contribution in [0.4, 0.5) is 0 Å². The fourth-order valence-electron chi connectivity index (χ4n) is 7.81. The van der Waals surface area contributed by atoms with Gasteiger partial charge in [0.15, 0.2) is 5.78 Å². The molecule has 1 aromatic heterocycles. The van der Waals surface area contributed by atoms with E-state index in [9.17, 15) is 9.59 Å². The monoisotopic (exact) mass is 450 g/mol. The van der Waals surface area contributed by atoms with Gasteiger partial charge in [-0.05, 0) is 93.3 Å². The highest BCUT2D eigenvalue weighted by Gasteiger charge is 2.60. The number of ether oxygens (including phenoxy) is 1. The molecule has 6 atom stereocenters. The van der Waals surface area contributed by atoms with Gasteiger partial charge in [-0.25, -0.2) is 0 Å². The molecule has 5 rings (SSSR count). The Hall–Kier alpha value is -2.17. The van der Waals surface area contributed by atoms with Crippen molar-refractivity contribution < 1.29 is 14.3 Å². The van der Waals surface area contributed by atoms with E-state index < -0.39 is 0 Å². The molecule has 0 aromatic carbocycles. The lowest BCUT2D eigenvalue weighted by Crippen LogP contribution is -2.50. The summed E-state index contributed by atoms with van der Waals surface area (Å²) >= 11 is 0. The highest BCUT2D eigenvalue weighted by Crippen LogP contribution is 2.64. The van der Waals surface area contributed by atoms with Crippen LogP contribution >= 0.6 is 0 Å². The molecule has 3 fully saturated rings. The number of allylic oxidation sites excluding steroid dienone is 2. The number of carbonyl (C=O) groups is 2. The number of hydrogen-bond donors (Lipinski definition) is 0. The third-order valence-corrected chi connectivity index (χ3v) is 9.54. The van der Waals surface area contributed by atoms with Crippen molar-refractivity contribution in [3.63, 3.8) is 0 Å². The zero-order valence-corrected chi connectivity index (χ0v) is 20.8. The van der Waals surface area contributed by atoms with E-state index in [2.05, 4.69) is 44.9 Å². The number of aromatic nitrogens is 2. The van der Waals surface area contributed by atoms with E-state index in [-0.39, 0.29) is 28.9 Å². The summed E-state index contributed by atoms with van der Waals surface area (Å²) in [5.74, 6) is 1.76. The first-order valence-electron chi connectivity index (χ1n) is 12.8. The Kier molecular flexibility index (Phi) is 5.45. The zero-order valence-electron chi connectivity index (χ0n) is 20.8. The molecule has 4 aliphatic rings. The molecule has 0 spiro atoms. The topological polar surface area (TPSA) is 61.2 Å². The lowest BCUT2D eigenvalue weighted by molar-refractivity contribution is -0.148. The van der Waals surface area contributed by atoms with Crippen molar-refractivity contribution in [1.29, 1.82) is 0 Å². The Bertz CT molecular complexity index is 1030. The highest BCUT2D eigenvalue weighted by atomic mass is 16.5. The molecule has 1 aromatic rings. The first-order valence-corrected chi connectivity index (χ1v) is 12.8. The Morgan fingerprint density at radius 1 is 1.18 bits per heavy atom. The van der Waals surface area contributed by atoms with Crippen LogP contribution in [-0.2, 0) is 14.3 Å². The van der Waals surface area contributed by atoms with Crippen LogP contribution in [0.15, 0.2) is 29.5 Å². The van der Waals surface area contributed by atoms with E-state index in [1.807, 2.05) is 16.9 Å². The van der Waals surface area contributed by atoms with Crippen molar-refractivity contribution in [3.8, 4) is 0 Å². The van der Waals surface area contributed by atoms with Crippen molar-refractivity contribution >= 4 is 17.8 Å². The summed E-state index contributed by atoms with van der Waals surface area (Å²) < 4.78 is 7.58. The van der Waals surface area contributed by atoms with Crippen molar-refractivity contribution in [3.05, 3.63) is 35.2 Å². The number of carbonyl (C=O) groups excluding carboxylic acids is 2. The standard InChI is InChI=1S/C28H38N2O3/c1-17(2)30-21(10-13-29-30)14-19-15-25-23-7-6-20-16-22(33-18(3)31)8-11-27(20,4)24(23)9-12-28(25,5)26(19)32/h6,10,13-14,17,22-25H,7-9,11-12,15-16H2,1-5H3/b19-14+. The summed E-state index contributed by atoms with van der Waals surface area (Å²) in [4.78, 5) is 25.2. The maximum atomic E-state index is 13.7. The second-order valence-corrected chi connectivity index (χ2v) is 11.7. The largest absolute Gasteiger partial charge is 0.462 e. The average molecular weight is 451 g/mol. The molecule has 4 aliphatic carbocycles. The van der Waals surface area contributed by atoms with Gasteiger partial charge in [-0.15, -0.1) is 0 Å². The Morgan fingerprint density at radius 3 is 2.67 bits per heavy atom. The quantitative estimate of drug-likeness (QED) is 0.326. The molecular weight excluding hydrogens is 412 g/mol. The molecule has 3 saturated carbocycles. The van der Waals surface area contributed by atoms with Crippen LogP contribution in [0, 0.1) is 28.6 Å². The fourth-order valence-corrected chi connectivity index (χ4v) is 7.81. The van der Waals surface area contributed by atoms with Gasteiger partial charge in [0.25, 0.3) is 0 Å². The van der Waals surface area contributed by atoms with Crippen LogP contribution in [0.5, 0.6) is 0 Å². The summed E-state index contributed by atoms with van der Waals surface area (Å²) in [7, 11) is 0. The molecule has 5 heteroatoms. The van der Waals surface area contributed by atoms with Crippen LogP contribution in [0.3, 0.4) is 0 Å². The number of nitrogens with zero attached hydrogens (tertiary/aromatic N) is 2. The Morgan fingerprint density at radius 2 is 1.94 bits per heavy atom. The average Bonchev–Trinajstić information content (AvgIpc) is 3.32. The molecular formula is C28H38N2O3. The fraction of sp³-hybridized carbons (Fsp3) is 0.679. The summed E-state index contributed by atoms with van der Waals surface area (Å²) in [6.07, 6.45) is 13.4. The van der Waals surface area contributed by atoms with Gasteiger partial charge in [0.2, 0.25) is 0 Å². The number of ketones is 1. The normalized spacial score (nSPS) is 39.2. The molecule has 0 radical (unpaired) electrons. The van der Waals surface area contributed by atoms with Crippen LogP contribution in [-0.4, -0.2) is 27.6 Å². The summed E-state index contributed by atoms with van der Waals surface area (Å²) in [6, 6.07) is 2.29. The maximum absolute atomic E-state index is 13.7. The number of hydrogen-bond acceptors (Lipinski definition) is 4. The summed E-state index contributed by atoms with van der Waals surface area (Å²) in [5, 5.41) is 4.46. The molecule has 0 aliphatic heterocycles. The van der Waals surface area contributed by atoms with E-state index in [4.69, 9.17) is 4.74 Å². The first kappa shape index (κ1) is 22.6. The summed E-state index contributed by atoms with van der Waals surface area (Å²) in [5.41, 5.74) is 3.45. The van der Waals surface area contributed by atoms with Crippen molar-refractivity contribution in [2.45, 2.75) is 91.7 Å². The molecule has 1 heterocycles. The second kappa shape index (κ2) is 7.95. The Labute approximate surface area is 197 Å². The highest BCUT2D eigenvalue weighted by molar-refractivity contribution is 6.05. The van der Waals surface area contributed by atoms with Crippen LogP contribution in [0.2, 0.25) is 0 Å². The maximum Gasteiger partial charge on any atom is 0.302 e. The molecule has 0 bridgehead atoms. The van der Waals surface area contributed by atoms with E-state index >= 15 is 0 Å². The third kappa shape index (κ3) is 3.54. The van der Waals surface area contributed by atoms with Gasteiger partial charge in [-0.1, -0.05) is 25.5 Å². The molecule has 0 amide bonds. The second-order valence-electron chi connectivity index (χ2n) is 11.7. The molecule has 0 saturated heterocycles. The van der Waals surface area contributed by atoms with Gasteiger partial charge in [0.1, 0.15) is 6.10 Å².